The lowest BCUT2D eigenvalue weighted by molar-refractivity contribution is 0.100. The molecular weight excluding hydrogens is 256 g/mol. The second-order valence-electron chi connectivity index (χ2n) is 4.68. The van der Waals surface area contributed by atoms with Gasteiger partial charge in [0.1, 0.15) is 0 Å². The number of primary amides is 1. The lowest BCUT2D eigenvalue weighted by Gasteiger charge is -2.14. The minimum absolute atomic E-state index is 0.277. The molecule has 3 nitrogen and oxygen atoms in total. The van der Waals surface area contributed by atoms with Crippen molar-refractivity contribution in [3.63, 3.8) is 0 Å². The second-order valence-corrected chi connectivity index (χ2v) is 5.68. The highest BCUT2D eigenvalue weighted by molar-refractivity contribution is 7.10. The quantitative estimate of drug-likeness (QED) is 0.880. The number of hydrogen-bond acceptors (Lipinski definition) is 3. The summed E-state index contributed by atoms with van der Waals surface area (Å²) in [6.07, 6.45) is 0. The van der Waals surface area contributed by atoms with Crippen molar-refractivity contribution < 1.29 is 4.79 Å². The van der Waals surface area contributed by atoms with Gasteiger partial charge in [-0.3, -0.25) is 4.79 Å². The van der Waals surface area contributed by atoms with E-state index in [0.29, 0.717) is 5.56 Å². The minimum atomic E-state index is -0.366. The number of carbonyl (C=O) groups is 1. The number of carbonyl (C=O) groups excluding carboxylic acids is 1. The maximum absolute atomic E-state index is 11.0. The largest absolute Gasteiger partial charge is 0.366 e. The first-order valence-corrected chi connectivity index (χ1v) is 7.11. The average molecular weight is 274 g/mol. The van der Waals surface area contributed by atoms with Crippen molar-refractivity contribution in [3.8, 4) is 0 Å². The monoisotopic (exact) mass is 274 g/mol. The Hall–Kier alpha value is -1.65. The van der Waals surface area contributed by atoms with Gasteiger partial charge in [0.2, 0.25) is 5.91 Å². The Morgan fingerprint density at radius 1 is 1.42 bits per heavy atom. The molecule has 0 aliphatic heterocycles. The van der Waals surface area contributed by atoms with E-state index in [2.05, 4.69) is 43.4 Å². The highest BCUT2D eigenvalue weighted by Gasteiger charge is 2.08. The fourth-order valence-electron chi connectivity index (χ4n) is 1.91. The molecule has 0 unspecified atom stereocenters. The van der Waals surface area contributed by atoms with E-state index in [1.54, 1.807) is 16.7 Å². The van der Waals surface area contributed by atoms with Crippen LogP contribution in [0, 0.1) is 6.92 Å². The first-order valence-electron chi connectivity index (χ1n) is 6.23. The van der Waals surface area contributed by atoms with Gasteiger partial charge in [-0.05, 0) is 25.5 Å². The molecule has 0 radical (unpaired) electrons. The summed E-state index contributed by atoms with van der Waals surface area (Å²) in [5, 5.41) is 5.26. The van der Waals surface area contributed by atoms with Gasteiger partial charge in [-0.2, -0.15) is 0 Å². The molecule has 3 N–H and O–H groups in total. The van der Waals surface area contributed by atoms with Crippen molar-refractivity contribution in [2.24, 2.45) is 5.73 Å². The lowest BCUT2D eigenvalue weighted by atomic mass is 10.1. The molecule has 1 aromatic heterocycles. The zero-order valence-corrected chi connectivity index (χ0v) is 12.0. The van der Waals surface area contributed by atoms with Crippen LogP contribution in [0.2, 0.25) is 0 Å². The summed E-state index contributed by atoms with van der Waals surface area (Å²) in [6, 6.07) is 10.6. The van der Waals surface area contributed by atoms with Crippen molar-refractivity contribution >= 4 is 17.2 Å². The Labute approximate surface area is 117 Å². The van der Waals surface area contributed by atoms with E-state index in [1.807, 2.05) is 6.07 Å². The molecule has 2 aromatic rings. The van der Waals surface area contributed by atoms with E-state index < -0.39 is 0 Å². The van der Waals surface area contributed by atoms with Crippen LogP contribution in [0.15, 0.2) is 35.7 Å². The van der Waals surface area contributed by atoms with Crippen LogP contribution in [0.25, 0.3) is 0 Å². The van der Waals surface area contributed by atoms with Gasteiger partial charge in [0.15, 0.2) is 0 Å². The molecule has 1 amide bonds. The molecule has 0 bridgehead atoms. The third-order valence-corrected chi connectivity index (χ3v) is 4.00. The van der Waals surface area contributed by atoms with Crippen LogP contribution in [-0.2, 0) is 6.54 Å². The standard InChI is InChI=1S/C15H18N2OS/c1-10-4-3-5-12(6-10)11(2)17-8-14-7-13(9-19-14)15(16)18/h3-7,9,11,17H,8H2,1-2H3,(H2,16,18)/t11-/m1/s1. The average Bonchev–Trinajstić information content (AvgIpc) is 2.85. The summed E-state index contributed by atoms with van der Waals surface area (Å²) >= 11 is 1.55. The van der Waals surface area contributed by atoms with Crippen molar-refractivity contribution in [1.82, 2.24) is 5.32 Å². The van der Waals surface area contributed by atoms with Gasteiger partial charge in [-0.25, -0.2) is 0 Å². The number of rotatable bonds is 5. The van der Waals surface area contributed by atoms with Crippen LogP contribution in [0.1, 0.15) is 39.3 Å². The van der Waals surface area contributed by atoms with E-state index in [0.717, 1.165) is 11.4 Å². The number of nitrogens with one attached hydrogen (secondary N) is 1. The molecule has 0 spiro atoms. The summed E-state index contributed by atoms with van der Waals surface area (Å²) in [5.41, 5.74) is 8.36. The molecule has 0 aliphatic carbocycles. The smallest absolute Gasteiger partial charge is 0.249 e. The van der Waals surface area contributed by atoms with Crippen LogP contribution in [0.4, 0.5) is 0 Å². The summed E-state index contributed by atoms with van der Waals surface area (Å²) < 4.78 is 0. The van der Waals surface area contributed by atoms with E-state index in [-0.39, 0.29) is 11.9 Å². The fraction of sp³-hybridized carbons (Fsp3) is 0.267. The van der Waals surface area contributed by atoms with Crippen molar-refractivity contribution in [1.29, 1.82) is 0 Å². The number of benzene rings is 1. The Morgan fingerprint density at radius 3 is 2.84 bits per heavy atom. The normalized spacial score (nSPS) is 12.3. The first-order chi connectivity index (χ1) is 9.06. The summed E-state index contributed by atoms with van der Waals surface area (Å²) in [7, 11) is 0. The molecule has 0 saturated carbocycles. The Kier molecular flexibility index (Phi) is 4.35. The van der Waals surface area contributed by atoms with E-state index in [1.165, 1.54) is 11.1 Å². The molecule has 19 heavy (non-hydrogen) atoms. The summed E-state index contributed by atoms with van der Waals surface area (Å²) in [4.78, 5) is 12.1. The predicted molar refractivity (Wildman–Crippen MR) is 79.3 cm³/mol. The van der Waals surface area contributed by atoms with Crippen molar-refractivity contribution in [3.05, 3.63) is 57.3 Å². The zero-order chi connectivity index (χ0) is 13.8. The molecular formula is C15H18N2OS. The summed E-state index contributed by atoms with van der Waals surface area (Å²) in [5.74, 6) is -0.366. The van der Waals surface area contributed by atoms with Crippen LogP contribution in [0.3, 0.4) is 0 Å². The van der Waals surface area contributed by atoms with E-state index in [4.69, 9.17) is 5.73 Å². The predicted octanol–water partition coefficient (Wildman–Crippen LogP) is 3.01. The molecule has 0 aliphatic rings. The highest BCUT2D eigenvalue weighted by Crippen LogP contribution is 2.17. The third-order valence-electron chi connectivity index (χ3n) is 3.06. The molecule has 4 heteroatoms. The van der Waals surface area contributed by atoms with Crippen LogP contribution in [0.5, 0.6) is 0 Å². The van der Waals surface area contributed by atoms with Gasteiger partial charge in [-0.15, -0.1) is 11.3 Å². The van der Waals surface area contributed by atoms with Gasteiger partial charge in [0.25, 0.3) is 0 Å². The van der Waals surface area contributed by atoms with Gasteiger partial charge < -0.3 is 11.1 Å². The molecule has 0 fully saturated rings. The van der Waals surface area contributed by atoms with Crippen molar-refractivity contribution in [2.45, 2.75) is 26.4 Å². The van der Waals surface area contributed by atoms with Crippen LogP contribution < -0.4 is 11.1 Å². The number of nitrogens with two attached hydrogens (primary N) is 1. The van der Waals surface area contributed by atoms with E-state index in [9.17, 15) is 4.79 Å². The highest BCUT2D eigenvalue weighted by atomic mass is 32.1. The SMILES string of the molecule is Cc1cccc([C@@H](C)NCc2cc(C(N)=O)cs2)c1. The van der Waals surface area contributed by atoms with E-state index >= 15 is 0 Å². The minimum Gasteiger partial charge on any atom is -0.366 e. The second kappa shape index (κ2) is 5.99. The zero-order valence-electron chi connectivity index (χ0n) is 11.1. The molecule has 1 atom stereocenters. The summed E-state index contributed by atoms with van der Waals surface area (Å²) in [6.45, 7) is 4.97. The first kappa shape index (κ1) is 13.8. The Morgan fingerprint density at radius 2 is 2.21 bits per heavy atom. The third kappa shape index (κ3) is 3.66. The topological polar surface area (TPSA) is 55.1 Å². The Bertz CT molecular complexity index is 577. The molecule has 100 valence electrons. The molecule has 2 rings (SSSR count). The van der Waals surface area contributed by atoms with Crippen LogP contribution in [-0.4, -0.2) is 5.91 Å². The van der Waals surface area contributed by atoms with Crippen LogP contribution >= 0.6 is 11.3 Å². The molecule has 1 heterocycles. The number of thiophene rings is 1. The maximum Gasteiger partial charge on any atom is 0.249 e. The van der Waals surface area contributed by atoms with Gasteiger partial charge in [0, 0.05) is 22.8 Å². The fourth-order valence-corrected chi connectivity index (χ4v) is 2.74. The number of amides is 1. The maximum atomic E-state index is 11.0. The molecule has 1 aromatic carbocycles. The number of hydrogen-bond donors (Lipinski definition) is 2. The Balaban J connectivity index is 1.96. The van der Waals surface area contributed by atoms with Gasteiger partial charge in [0.05, 0.1) is 5.56 Å². The molecule has 0 saturated heterocycles. The number of aryl methyl sites for hydroxylation is 1. The van der Waals surface area contributed by atoms with Gasteiger partial charge >= 0.3 is 0 Å². The van der Waals surface area contributed by atoms with Gasteiger partial charge in [-0.1, -0.05) is 29.8 Å². The lowest BCUT2D eigenvalue weighted by Crippen LogP contribution is -2.17. The van der Waals surface area contributed by atoms with Crippen molar-refractivity contribution in [2.75, 3.05) is 0 Å².